The van der Waals surface area contributed by atoms with Gasteiger partial charge < -0.3 is 9.13 Å². The van der Waals surface area contributed by atoms with Crippen LogP contribution in [0.4, 0.5) is 0 Å². The van der Waals surface area contributed by atoms with Gasteiger partial charge in [0.1, 0.15) is 0 Å². The molecule has 0 rings (SSSR count). The van der Waals surface area contributed by atoms with Gasteiger partial charge in [0.05, 0.1) is 0 Å². The number of unbranched alkanes of at least 4 members (excludes halogenated alkanes) is 4. The number of hydrogen-bond donors (Lipinski definition) is 0. The van der Waals surface area contributed by atoms with Crippen LogP contribution in [0.15, 0.2) is 11.8 Å². The van der Waals surface area contributed by atoms with E-state index >= 15 is 0 Å². The highest BCUT2D eigenvalue weighted by Gasteiger charge is 2.23. The topological polar surface area (TPSA) is 6.48 Å². The molecule has 0 unspecified atom stereocenters. The first-order valence-corrected chi connectivity index (χ1v) is 12.1. The van der Waals surface area contributed by atoms with Gasteiger partial charge in [-0.3, -0.25) is 0 Å². The van der Waals surface area contributed by atoms with Crippen LogP contribution in [0.2, 0.25) is 0 Å². The zero-order chi connectivity index (χ0) is 17.3. The lowest BCUT2D eigenvalue weighted by Crippen LogP contribution is -2.53. The molecule has 0 aliphatic carbocycles. The van der Waals surface area contributed by atoms with Crippen molar-refractivity contribution >= 4 is 9.12 Å². The molecular formula is C20H44N2Si. The Kier molecular flexibility index (Phi) is 16.6. The van der Waals surface area contributed by atoms with Gasteiger partial charge >= 0.3 is 0 Å². The molecule has 23 heavy (non-hydrogen) atoms. The highest BCUT2D eigenvalue weighted by Crippen LogP contribution is 2.11. The molecular weight excluding hydrogens is 296 g/mol. The molecule has 0 amide bonds. The van der Waals surface area contributed by atoms with Crippen LogP contribution < -0.4 is 0 Å². The van der Waals surface area contributed by atoms with Gasteiger partial charge in [-0.2, -0.15) is 0 Å². The van der Waals surface area contributed by atoms with Crippen molar-refractivity contribution in [3.8, 4) is 0 Å². The molecule has 0 spiro atoms. The van der Waals surface area contributed by atoms with Gasteiger partial charge in [-0.05, 0) is 58.3 Å². The summed E-state index contributed by atoms with van der Waals surface area (Å²) in [6, 6.07) is 0. The van der Waals surface area contributed by atoms with E-state index in [9.17, 15) is 0 Å². The zero-order valence-electron chi connectivity index (χ0n) is 16.8. The smallest absolute Gasteiger partial charge is 0.215 e. The average Bonchev–Trinajstić information content (AvgIpc) is 2.57. The van der Waals surface area contributed by atoms with Crippen LogP contribution in [0, 0.1) is 0 Å². The van der Waals surface area contributed by atoms with Gasteiger partial charge in [0.25, 0.3) is 0 Å². The van der Waals surface area contributed by atoms with Crippen LogP contribution in [0.5, 0.6) is 0 Å². The van der Waals surface area contributed by atoms with E-state index in [1.165, 1.54) is 84.0 Å². The fourth-order valence-electron chi connectivity index (χ4n) is 2.93. The van der Waals surface area contributed by atoms with Crippen molar-refractivity contribution in [2.45, 2.75) is 92.4 Å². The van der Waals surface area contributed by atoms with Crippen molar-refractivity contribution in [2.24, 2.45) is 0 Å². The summed E-state index contributed by atoms with van der Waals surface area (Å²) in [7, 11) is -1.12. The third kappa shape index (κ3) is 11.1. The van der Waals surface area contributed by atoms with Crippen LogP contribution in [0.1, 0.15) is 92.4 Å². The predicted molar refractivity (Wildman–Crippen MR) is 109 cm³/mol. The van der Waals surface area contributed by atoms with Gasteiger partial charge in [0, 0.05) is 0 Å². The van der Waals surface area contributed by atoms with E-state index in [0.717, 1.165) is 0 Å². The fraction of sp³-hybridized carbons (Fsp3) is 0.900. The van der Waals surface area contributed by atoms with Crippen LogP contribution in [-0.2, 0) is 0 Å². The molecule has 0 aromatic carbocycles. The normalized spacial score (nSPS) is 12.3. The van der Waals surface area contributed by atoms with E-state index in [1.54, 1.807) is 0 Å². The largest absolute Gasteiger partial charge is 0.311 e. The Balaban J connectivity index is 5.10. The molecule has 0 aliphatic rings. The van der Waals surface area contributed by atoms with Crippen molar-refractivity contribution in [3.05, 3.63) is 11.8 Å². The maximum absolute atomic E-state index is 2.88. The Morgan fingerprint density at radius 3 is 1.22 bits per heavy atom. The number of nitrogens with zero attached hydrogens (tertiary/aromatic N) is 2. The molecule has 2 nitrogen and oxygen atoms in total. The number of hydrogen-bond acceptors (Lipinski definition) is 2. The average molecular weight is 341 g/mol. The molecule has 0 saturated carbocycles. The Bertz CT molecular complexity index is 232. The van der Waals surface area contributed by atoms with Gasteiger partial charge in [-0.1, -0.05) is 72.1 Å². The monoisotopic (exact) mass is 340 g/mol. The van der Waals surface area contributed by atoms with E-state index in [1.807, 2.05) is 0 Å². The molecule has 0 aromatic rings. The summed E-state index contributed by atoms with van der Waals surface area (Å²) in [5, 5.41) is 0. The van der Waals surface area contributed by atoms with Crippen molar-refractivity contribution in [3.63, 3.8) is 0 Å². The van der Waals surface area contributed by atoms with E-state index in [0.29, 0.717) is 0 Å². The first kappa shape index (κ1) is 22.9. The standard InChI is InChI=1S/C20H44N2Si/c1-6-11-16-21(17-12-7-2)23(20-15-10-5)22(18-13-8-3)19-14-9-4/h15,20,23H,6-14,16-19H2,1-5H3. The lowest BCUT2D eigenvalue weighted by Gasteiger charge is -2.37. The zero-order valence-corrected chi connectivity index (χ0v) is 18.0. The fourth-order valence-corrected chi connectivity index (χ4v) is 6.18. The molecule has 0 heterocycles. The molecule has 0 radical (unpaired) electrons. The first-order valence-electron chi connectivity index (χ1n) is 10.4. The summed E-state index contributed by atoms with van der Waals surface area (Å²) in [4.78, 5) is 0. The quantitative estimate of drug-likeness (QED) is 0.341. The van der Waals surface area contributed by atoms with Gasteiger partial charge in [0.2, 0.25) is 9.12 Å². The van der Waals surface area contributed by atoms with Gasteiger partial charge in [0.15, 0.2) is 0 Å². The first-order chi connectivity index (χ1) is 11.2. The van der Waals surface area contributed by atoms with E-state index in [-0.39, 0.29) is 0 Å². The van der Waals surface area contributed by atoms with Gasteiger partial charge in [-0.15, -0.1) is 0 Å². The molecule has 0 atom stereocenters. The number of rotatable bonds is 16. The minimum absolute atomic E-state index is 1.12. The molecule has 0 N–H and O–H groups in total. The molecule has 0 aromatic heterocycles. The van der Waals surface area contributed by atoms with E-state index in [4.69, 9.17) is 0 Å². The maximum atomic E-state index is 2.88. The summed E-state index contributed by atoms with van der Waals surface area (Å²) in [5.41, 5.74) is 2.62. The van der Waals surface area contributed by atoms with Gasteiger partial charge in [-0.25, -0.2) is 0 Å². The summed E-state index contributed by atoms with van der Waals surface area (Å²) >= 11 is 0. The summed E-state index contributed by atoms with van der Waals surface area (Å²) in [6.07, 6.45) is 14.3. The van der Waals surface area contributed by atoms with Crippen LogP contribution in [0.3, 0.4) is 0 Å². The number of allylic oxidation sites excluding steroid dienone is 1. The van der Waals surface area contributed by atoms with E-state index < -0.39 is 9.12 Å². The van der Waals surface area contributed by atoms with Crippen molar-refractivity contribution in [1.29, 1.82) is 0 Å². The second-order valence-corrected chi connectivity index (χ2v) is 9.41. The summed E-state index contributed by atoms with van der Waals surface area (Å²) < 4.78 is 5.76. The van der Waals surface area contributed by atoms with Crippen molar-refractivity contribution < 1.29 is 0 Å². The molecule has 0 fully saturated rings. The highest BCUT2D eigenvalue weighted by molar-refractivity contribution is 6.58. The van der Waals surface area contributed by atoms with Crippen LogP contribution in [0.25, 0.3) is 0 Å². The third-order valence-corrected chi connectivity index (χ3v) is 7.63. The Morgan fingerprint density at radius 1 is 0.609 bits per heavy atom. The Morgan fingerprint density at radius 2 is 0.957 bits per heavy atom. The van der Waals surface area contributed by atoms with Crippen molar-refractivity contribution in [1.82, 2.24) is 9.13 Å². The molecule has 3 heteroatoms. The van der Waals surface area contributed by atoms with Crippen LogP contribution >= 0.6 is 0 Å². The maximum Gasteiger partial charge on any atom is 0.215 e. The lowest BCUT2D eigenvalue weighted by atomic mass is 10.3. The Labute approximate surface area is 149 Å². The minimum atomic E-state index is -1.12. The molecule has 0 saturated heterocycles. The minimum Gasteiger partial charge on any atom is -0.311 e. The highest BCUT2D eigenvalue weighted by atomic mass is 28.3. The molecule has 0 aliphatic heterocycles. The van der Waals surface area contributed by atoms with Crippen molar-refractivity contribution in [2.75, 3.05) is 26.2 Å². The molecule has 0 bridgehead atoms. The summed E-state index contributed by atoms with van der Waals surface area (Å²) in [5.74, 6) is 0. The second-order valence-electron chi connectivity index (χ2n) is 6.74. The molecule has 138 valence electrons. The lowest BCUT2D eigenvalue weighted by molar-refractivity contribution is 0.332. The second kappa shape index (κ2) is 16.7. The Hall–Kier alpha value is -0.123. The van der Waals surface area contributed by atoms with E-state index in [2.05, 4.69) is 55.5 Å². The third-order valence-electron chi connectivity index (χ3n) is 4.49. The summed E-state index contributed by atoms with van der Waals surface area (Å²) in [6.45, 7) is 16.8. The SMILES string of the molecule is CCC=C[SiH](N(CCCC)CCCC)N(CCCC)CCCC. The van der Waals surface area contributed by atoms with Crippen LogP contribution in [-0.4, -0.2) is 44.4 Å². The predicted octanol–water partition coefficient (Wildman–Crippen LogP) is 5.52.